The van der Waals surface area contributed by atoms with E-state index >= 15 is 0 Å². The van der Waals surface area contributed by atoms with Crippen molar-refractivity contribution in [1.82, 2.24) is 36.1 Å². The molecule has 14 nitrogen and oxygen atoms in total. The molecule has 1 aromatic heterocycles. The summed E-state index contributed by atoms with van der Waals surface area (Å²) in [6.07, 6.45) is 9.98. The van der Waals surface area contributed by atoms with Gasteiger partial charge in [-0.2, -0.15) is 0 Å². The molecule has 5 rings (SSSR count). The first-order valence-corrected chi connectivity index (χ1v) is 19.9. The van der Waals surface area contributed by atoms with E-state index in [0.29, 0.717) is 19.3 Å². The first-order chi connectivity index (χ1) is 26.2. The minimum absolute atomic E-state index is 0.0192. The molecule has 55 heavy (non-hydrogen) atoms. The molecule has 2 aromatic rings. The number of Topliss-reactive ketones (excluding diaryl/α,β-unsaturated/α-hetero) is 1. The molecular formula is C39H51Cl2N7O7. The molecule has 3 aliphatic rings. The molecule has 2 heterocycles. The number of carbonyl (C=O) groups is 6. The summed E-state index contributed by atoms with van der Waals surface area (Å²) in [5, 5.41) is 11.7. The highest BCUT2D eigenvalue weighted by Crippen LogP contribution is 2.35. The van der Waals surface area contributed by atoms with Gasteiger partial charge in [-0.1, -0.05) is 82.6 Å². The van der Waals surface area contributed by atoms with E-state index in [4.69, 9.17) is 27.9 Å². The SMILES string of the molecule is CCCC(NC(=O)C1CC(Oc2cccc(Cl)c2Cl)CN1C(=O)C(NC(=O)C(NC(=O)c1cnccn1)C1CCCCC1)C(C)(C)C)C(=O)C(=O)NC1CC1. The average Bonchev–Trinajstić information content (AvgIpc) is 3.88. The third kappa shape index (κ3) is 10.9. The molecule has 0 spiro atoms. The highest BCUT2D eigenvalue weighted by Gasteiger charge is 2.47. The molecule has 1 aromatic carbocycles. The van der Waals surface area contributed by atoms with Crippen molar-refractivity contribution in [2.24, 2.45) is 11.3 Å². The van der Waals surface area contributed by atoms with Gasteiger partial charge in [-0.3, -0.25) is 33.8 Å². The van der Waals surface area contributed by atoms with E-state index in [1.165, 1.54) is 23.5 Å². The predicted molar refractivity (Wildman–Crippen MR) is 205 cm³/mol. The van der Waals surface area contributed by atoms with Gasteiger partial charge >= 0.3 is 0 Å². The van der Waals surface area contributed by atoms with Gasteiger partial charge in [0.2, 0.25) is 23.5 Å². The number of ketones is 1. The van der Waals surface area contributed by atoms with Gasteiger partial charge in [0.15, 0.2) is 0 Å². The Labute approximate surface area is 331 Å². The minimum atomic E-state index is -1.15. The number of aromatic nitrogens is 2. The van der Waals surface area contributed by atoms with Crippen molar-refractivity contribution < 1.29 is 33.5 Å². The van der Waals surface area contributed by atoms with Crippen LogP contribution in [0.5, 0.6) is 5.75 Å². The van der Waals surface area contributed by atoms with E-state index in [1.807, 2.05) is 6.92 Å². The Hall–Kier alpha value is -4.30. The summed E-state index contributed by atoms with van der Waals surface area (Å²) in [6, 6.07) is 0.487. The fraction of sp³-hybridized carbons (Fsp3) is 0.590. The molecule has 2 saturated carbocycles. The Bertz CT molecular complexity index is 1730. The molecule has 0 radical (unpaired) electrons. The van der Waals surface area contributed by atoms with Gasteiger partial charge < -0.3 is 30.9 Å². The minimum Gasteiger partial charge on any atom is -0.487 e. The lowest BCUT2D eigenvalue weighted by Gasteiger charge is -2.37. The summed E-state index contributed by atoms with van der Waals surface area (Å²) in [5.74, 6) is -3.73. The van der Waals surface area contributed by atoms with E-state index < -0.39 is 71.0 Å². The fourth-order valence-electron chi connectivity index (χ4n) is 7.14. The number of likely N-dealkylation sites (tertiary alicyclic amines) is 1. The Morgan fingerprint density at radius 1 is 0.964 bits per heavy atom. The second-order valence-corrected chi connectivity index (χ2v) is 16.5. The van der Waals surface area contributed by atoms with Gasteiger partial charge in [-0.05, 0) is 55.6 Å². The number of ether oxygens (including phenoxy) is 1. The van der Waals surface area contributed by atoms with Crippen molar-refractivity contribution in [2.45, 2.75) is 128 Å². The van der Waals surface area contributed by atoms with Crippen molar-refractivity contribution in [3.63, 3.8) is 0 Å². The van der Waals surface area contributed by atoms with Crippen LogP contribution in [0.1, 0.15) is 102 Å². The maximum Gasteiger partial charge on any atom is 0.289 e. The molecule has 3 fully saturated rings. The Kier molecular flexibility index (Phi) is 14.1. The zero-order valence-electron chi connectivity index (χ0n) is 31.7. The topological polar surface area (TPSA) is 189 Å². The number of carbonyl (C=O) groups excluding carboxylic acids is 6. The van der Waals surface area contributed by atoms with E-state index in [0.717, 1.165) is 32.1 Å². The van der Waals surface area contributed by atoms with Crippen LogP contribution in [0.2, 0.25) is 10.0 Å². The quantitative estimate of drug-likeness (QED) is 0.192. The second-order valence-electron chi connectivity index (χ2n) is 15.7. The largest absolute Gasteiger partial charge is 0.487 e. The number of nitrogens with zero attached hydrogens (tertiary/aromatic N) is 3. The van der Waals surface area contributed by atoms with Gasteiger partial charge in [-0.15, -0.1) is 0 Å². The normalized spacial score (nSPS) is 20.4. The number of hydrogen-bond acceptors (Lipinski definition) is 9. The van der Waals surface area contributed by atoms with Gasteiger partial charge in [0, 0.05) is 24.9 Å². The Balaban J connectivity index is 1.41. The summed E-state index contributed by atoms with van der Waals surface area (Å²) in [7, 11) is 0. The monoisotopic (exact) mass is 799 g/mol. The molecule has 5 atom stereocenters. The maximum atomic E-state index is 14.8. The molecule has 298 valence electrons. The summed E-state index contributed by atoms with van der Waals surface area (Å²) in [6.45, 7) is 7.16. The van der Waals surface area contributed by atoms with E-state index in [2.05, 4.69) is 31.2 Å². The zero-order valence-corrected chi connectivity index (χ0v) is 33.3. The molecule has 5 amide bonds. The van der Waals surface area contributed by atoms with E-state index in [1.54, 1.807) is 39.0 Å². The molecule has 4 N–H and O–H groups in total. The Morgan fingerprint density at radius 3 is 2.33 bits per heavy atom. The third-order valence-electron chi connectivity index (χ3n) is 10.3. The summed E-state index contributed by atoms with van der Waals surface area (Å²) < 4.78 is 6.22. The standard InChI is InChI=1S/C39H51Cl2N7O7/c1-5-10-26(32(49)37(53)44-23-15-16-23)45-35(51)28-19-24(55-29-14-9-13-25(40)30(29)41)21-48(28)38(54)33(39(2,3)4)47-36(52)31(22-11-7-6-8-12-22)46-34(50)27-20-42-17-18-43-27/h9,13-14,17-18,20,22-24,26,28,31,33H,5-8,10-12,15-16,19,21H2,1-4H3,(H,44,53)(H,45,51)(H,46,50)(H,47,52). The van der Waals surface area contributed by atoms with Gasteiger partial charge in [0.25, 0.3) is 11.8 Å². The molecule has 1 saturated heterocycles. The third-order valence-corrected chi connectivity index (χ3v) is 11.1. The first kappa shape index (κ1) is 41.9. The number of rotatable bonds is 15. The maximum absolute atomic E-state index is 14.8. The van der Waals surface area contributed by atoms with Gasteiger partial charge in [0.05, 0.1) is 23.8 Å². The van der Waals surface area contributed by atoms with Crippen molar-refractivity contribution in [3.8, 4) is 5.75 Å². The summed E-state index contributed by atoms with van der Waals surface area (Å²) >= 11 is 12.7. The van der Waals surface area contributed by atoms with E-state index in [9.17, 15) is 28.8 Å². The zero-order chi connectivity index (χ0) is 39.9. The predicted octanol–water partition coefficient (Wildman–Crippen LogP) is 4.17. The smallest absolute Gasteiger partial charge is 0.289 e. The molecular weight excluding hydrogens is 749 g/mol. The van der Waals surface area contributed by atoms with Gasteiger partial charge in [-0.25, -0.2) is 4.98 Å². The molecule has 2 aliphatic carbocycles. The molecule has 5 unspecified atom stereocenters. The number of benzene rings is 1. The highest BCUT2D eigenvalue weighted by atomic mass is 35.5. The number of amides is 5. The van der Waals surface area contributed by atoms with Crippen LogP contribution >= 0.6 is 23.2 Å². The summed E-state index contributed by atoms with van der Waals surface area (Å²) in [4.78, 5) is 91.8. The van der Waals surface area contributed by atoms with Crippen molar-refractivity contribution in [2.75, 3.05) is 6.54 Å². The number of nitrogens with one attached hydrogen (secondary N) is 4. The van der Waals surface area contributed by atoms with Crippen LogP contribution in [0, 0.1) is 11.3 Å². The van der Waals surface area contributed by atoms with Crippen LogP contribution in [-0.2, 0) is 24.0 Å². The fourth-order valence-corrected chi connectivity index (χ4v) is 7.48. The average molecular weight is 801 g/mol. The lowest BCUT2D eigenvalue weighted by Crippen LogP contribution is -2.62. The van der Waals surface area contributed by atoms with Crippen LogP contribution < -0.4 is 26.0 Å². The second kappa shape index (κ2) is 18.6. The van der Waals surface area contributed by atoms with Crippen LogP contribution in [0.3, 0.4) is 0 Å². The Morgan fingerprint density at radius 2 is 1.69 bits per heavy atom. The van der Waals surface area contributed by atoms with E-state index in [-0.39, 0.29) is 52.8 Å². The summed E-state index contributed by atoms with van der Waals surface area (Å²) in [5.41, 5.74) is -0.808. The molecule has 16 heteroatoms. The lowest BCUT2D eigenvalue weighted by molar-refractivity contribution is -0.145. The van der Waals surface area contributed by atoms with Crippen molar-refractivity contribution in [1.29, 1.82) is 0 Å². The first-order valence-electron chi connectivity index (χ1n) is 19.1. The van der Waals surface area contributed by atoms with Crippen molar-refractivity contribution in [3.05, 3.63) is 52.5 Å². The lowest BCUT2D eigenvalue weighted by atomic mass is 9.82. The molecule has 1 aliphatic heterocycles. The van der Waals surface area contributed by atoms with Crippen LogP contribution in [-0.4, -0.2) is 93.0 Å². The van der Waals surface area contributed by atoms with Gasteiger partial charge in [0.1, 0.15) is 40.7 Å². The molecule has 0 bridgehead atoms. The highest BCUT2D eigenvalue weighted by molar-refractivity contribution is 6.43. The number of hydrogen-bond donors (Lipinski definition) is 4. The van der Waals surface area contributed by atoms with Crippen LogP contribution in [0.15, 0.2) is 36.8 Å². The van der Waals surface area contributed by atoms with Crippen molar-refractivity contribution >= 4 is 58.5 Å². The van der Waals surface area contributed by atoms with Crippen LogP contribution in [0.25, 0.3) is 0 Å². The van der Waals surface area contributed by atoms with Crippen LogP contribution in [0.4, 0.5) is 0 Å². The number of halogens is 2.